The van der Waals surface area contributed by atoms with Gasteiger partial charge in [0.25, 0.3) is 0 Å². The SMILES string of the molecule is CCCOC(=O)C1=C(C)N=C2CC(C)(C)CC(=O)C2C1c1ccc(OC)c(Br)c1. The first-order valence-electron chi connectivity index (χ1n) is 10.00. The van der Waals surface area contributed by atoms with Crippen molar-refractivity contribution in [1.29, 1.82) is 0 Å². The molecule has 1 heterocycles. The second-order valence-corrected chi connectivity index (χ2v) is 9.43. The summed E-state index contributed by atoms with van der Waals surface area (Å²) >= 11 is 3.54. The molecule has 5 nitrogen and oxygen atoms in total. The molecule has 0 bridgehead atoms. The van der Waals surface area contributed by atoms with E-state index in [0.717, 1.165) is 28.6 Å². The van der Waals surface area contributed by atoms with Crippen LogP contribution in [-0.4, -0.2) is 31.2 Å². The van der Waals surface area contributed by atoms with Crippen molar-refractivity contribution in [3.8, 4) is 5.75 Å². The number of ether oxygens (including phenoxy) is 2. The zero-order chi connectivity index (χ0) is 21.3. The van der Waals surface area contributed by atoms with Gasteiger partial charge in [0.2, 0.25) is 0 Å². The molecular formula is C23H28BrNO4. The first-order valence-corrected chi connectivity index (χ1v) is 10.8. The molecule has 0 N–H and O–H groups in total. The monoisotopic (exact) mass is 461 g/mol. The molecule has 1 aliphatic heterocycles. The van der Waals surface area contributed by atoms with Gasteiger partial charge in [0.15, 0.2) is 0 Å². The van der Waals surface area contributed by atoms with Crippen LogP contribution in [0.3, 0.4) is 0 Å². The Kier molecular flexibility index (Phi) is 6.32. The molecule has 2 unspecified atom stereocenters. The maximum Gasteiger partial charge on any atom is 0.336 e. The smallest absolute Gasteiger partial charge is 0.336 e. The van der Waals surface area contributed by atoms with Gasteiger partial charge >= 0.3 is 5.97 Å². The molecular weight excluding hydrogens is 434 g/mol. The molecule has 2 atom stereocenters. The minimum absolute atomic E-state index is 0.127. The van der Waals surface area contributed by atoms with Gasteiger partial charge in [-0.2, -0.15) is 0 Å². The highest BCUT2D eigenvalue weighted by atomic mass is 79.9. The van der Waals surface area contributed by atoms with Crippen molar-refractivity contribution in [3.63, 3.8) is 0 Å². The molecule has 0 saturated heterocycles. The number of allylic oxidation sites excluding steroid dienone is 1. The fourth-order valence-electron chi connectivity index (χ4n) is 4.37. The third kappa shape index (κ3) is 4.32. The summed E-state index contributed by atoms with van der Waals surface area (Å²) in [5.74, 6) is -0.397. The Hall–Kier alpha value is -1.95. The van der Waals surface area contributed by atoms with E-state index in [-0.39, 0.29) is 17.2 Å². The van der Waals surface area contributed by atoms with E-state index in [9.17, 15) is 9.59 Å². The van der Waals surface area contributed by atoms with Gasteiger partial charge in [0, 0.05) is 23.7 Å². The number of benzene rings is 1. The summed E-state index contributed by atoms with van der Waals surface area (Å²) in [5, 5.41) is 0. The van der Waals surface area contributed by atoms with Gasteiger partial charge in [-0.15, -0.1) is 0 Å². The highest BCUT2D eigenvalue weighted by Crippen LogP contribution is 2.47. The van der Waals surface area contributed by atoms with Crippen LogP contribution < -0.4 is 4.74 Å². The first-order chi connectivity index (χ1) is 13.7. The molecule has 0 radical (unpaired) electrons. The number of hydrogen-bond acceptors (Lipinski definition) is 5. The van der Waals surface area contributed by atoms with Crippen molar-refractivity contribution in [2.75, 3.05) is 13.7 Å². The Morgan fingerprint density at radius 3 is 2.62 bits per heavy atom. The van der Waals surface area contributed by atoms with E-state index in [4.69, 9.17) is 14.5 Å². The maximum atomic E-state index is 13.2. The third-order valence-electron chi connectivity index (χ3n) is 5.56. The number of carbonyl (C=O) groups excluding carboxylic acids is 2. The second kappa shape index (κ2) is 8.42. The van der Waals surface area contributed by atoms with E-state index in [1.807, 2.05) is 32.0 Å². The molecule has 1 aromatic rings. The Balaban J connectivity index is 2.14. The lowest BCUT2D eigenvalue weighted by atomic mass is 9.63. The van der Waals surface area contributed by atoms with Gasteiger partial charge < -0.3 is 9.47 Å². The number of nitrogens with zero attached hydrogens (tertiary/aromatic N) is 1. The zero-order valence-corrected chi connectivity index (χ0v) is 19.3. The molecule has 0 amide bonds. The van der Waals surface area contributed by atoms with Gasteiger partial charge in [-0.25, -0.2) is 4.79 Å². The summed E-state index contributed by atoms with van der Waals surface area (Å²) in [5.41, 5.74) is 2.74. The van der Waals surface area contributed by atoms with Crippen molar-refractivity contribution in [2.45, 2.75) is 52.9 Å². The lowest BCUT2D eigenvalue weighted by molar-refractivity contribution is -0.139. The van der Waals surface area contributed by atoms with Gasteiger partial charge in [-0.05, 0) is 58.8 Å². The highest BCUT2D eigenvalue weighted by molar-refractivity contribution is 9.10. The largest absolute Gasteiger partial charge is 0.496 e. The maximum absolute atomic E-state index is 13.2. The van der Waals surface area contributed by atoms with Gasteiger partial charge in [-0.3, -0.25) is 9.79 Å². The molecule has 156 valence electrons. The summed E-state index contributed by atoms with van der Waals surface area (Å²) in [6, 6.07) is 5.71. The second-order valence-electron chi connectivity index (χ2n) is 8.57. The Labute approximate surface area is 180 Å². The number of hydrogen-bond donors (Lipinski definition) is 0. The zero-order valence-electron chi connectivity index (χ0n) is 17.7. The number of carbonyl (C=O) groups is 2. The summed E-state index contributed by atoms with van der Waals surface area (Å²) in [4.78, 5) is 30.9. The van der Waals surface area contributed by atoms with Crippen LogP contribution in [0.1, 0.15) is 58.4 Å². The lowest BCUT2D eigenvalue weighted by Crippen LogP contribution is -2.44. The Bertz CT molecular complexity index is 900. The average molecular weight is 462 g/mol. The van der Waals surface area contributed by atoms with Crippen LogP contribution in [-0.2, 0) is 14.3 Å². The van der Waals surface area contributed by atoms with Crippen LogP contribution in [0.2, 0.25) is 0 Å². The van der Waals surface area contributed by atoms with Crippen molar-refractivity contribution < 1.29 is 19.1 Å². The standard InChI is InChI=1S/C23H28BrNO4/c1-6-9-29-22(27)19-13(2)25-16-11-23(3,4)12-17(26)21(16)20(19)14-7-8-18(28-5)15(24)10-14/h7-8,10,20-21H,6,9,11-12H2,1-5H3. The minimum atomic E-state index is -0.434. The molecule has 29 heavy (non-hydrogen) atoms. The van der Waals surface area contributed by atoms with E-state index in [1.54, 1.807) is 7.11 Å². The number of halogens is 1. The molecule has 6 heteroatoms. The molecule has 0 aromatic heterocycles. The fraction of sp³-hybridized carbons (Fsp3) is 0.522. The number of Topliss-reactive ketones (excluding diaryl/α,β-unsaturated/α-hetero) is 1. The number of esters is 1. The Morgan fingerprint density at radius 2 is 2.00 bits per heavy atom. The fourth-order valence-corrected chi connectivity index (χ4v) is 4.93. The van der Waals surface area contributed by atoms with Crippen LogP contribution in [0.15, 0.2) is 38.9 Å². The van der Waals surface area contributed by atoms with Gasteiger partial charge in [0.05, 0.1) is 29.7 Å². The molecule has 2 aliphatic rings. The quantitative estimate of drug-likeness (QED) is 0.563. The first kappa shape index (κ1) is 21.8. The van der Waals surface area contributed by atoms with Crippen LogP contribution in [0.5, 0.6) is 5.75 Å². The number of aliphatic imine (C=N–C) groups is 1. The molecule has 1 fully saturated rings. The summed E-state index contributed by atoms with van der Waals surface area (Å²) in [6.45, 7) is 8.32. The summed E-state index contributed by atoms with van der Waals surface area (Å²) in [7, 11) is 1.61. The Morgan fingerprint density at radius 1 is 1.28 bits per heavy atom. The van der Waals surface area contributed by atoms with E-state index >= 15 is 0 Å². The van der Waals surface area contributed by atoms with Crippen LogP contribution >= 0.6 is 15.9 Å². The van der Waals surface area contributed by atoms with E-state index < -0.39 is 11.8 Å². The van der Waals surface area contributed by atoms with Crippen molar-refractivity contribution in [1.82, 2.24) is 0 Å². The van der Waals surface area contributed by atoms with Crippen LogP contribution in [0.4, 0.5) is 0 Å². The van der Waals surface area contributed by atoms with Crippen molar-refractivity contribution in [2.24, 2.45) is 16.3 Å². The molecule has 3 rings (SSSR count). The average Bonchev–Trinajstić information content (AvgIpc) is 2.63. The third-order valence-corrected chi connectivity index (χ3v) is 6.18. The molecule has 1 aromatic carbocycles. The molecule has 0 spiro atoms. The predicted molar refractivity (Wildman–Crippen MR) is 116 cm³/mol. The summed E-state index contributed by atoms with van der Waals surface area (Å²) < 4.78 is 11.6. The number of fused-ring (bicyclic) bond motifs is 1. The number of rotatable bonds is 5. The van der Waals surface area contributed by atoms with E-state index in [1.165, 1.54) is 0 Å². The summed E-state index contributed by atoms with van der Waals surface area (Å²) in [6.07, 6.45) is 1.95. The van der Waals surface area contributed by atoms with Crippen LogP contribution in [0, 0.1) is 11.3 Å². The van der Waals surface area contributed by atoms with Crippen molar-refractivity contribution in [3.05, 3.63) is 39.5 Å². The molecule has 1 saturated carbocycles. The highest BCUT2D eigenvalue weighted by Gasteiger charge is 2.47. The van der Waals surface area contributed by atoms with E-state index in [0.29, 0.717) is 30.0 Å². The molecule has 1 aliphatic carbocycles. The van der Waals surface area contributed by atoms with E-state index in [2.05, 4.69) is 29.8 Å². The number of ketones is 1. The normalized spacial score (nSPS) is 23.4. The predicted octanol–water partition coefficient (Wildman–Crippen LogP) is 5.23. The van der Waals surface area contributed by atoms with Crippen molar-refractivity contribution >= 4 is 33.4 Å². The van der Waals surface area contributed by atoms with Gasteiger partial charge in [0.1, 0.15) is 11.5 Å². The van der Waals surface area contributed by atoms with Crippen LogP contribution in [0.25, 0.3) is 0 Å². The lowest BCUT2D eigenvalue weighted by Gasteiger charge is -2.41. The minimum Gasteiger partial charge on any atom is -0.496 e. The van der Waals surface area contributed by atoms with Gasteiger partial charge in [-0.1, -0.05) is 26.8 Å². The number of methoxy groups -OCH3 is 1. The topological polar surface area (TPSA) is 65.0 Å².